The third kappa shape index (κ3) is 6.43. The normalized spacial score (nSPS) is 15.6. The van der Waals surface area contributed by atoms with Crippen LogP contribution in [-0.4, -0.2) is 48.8 Å². The van der Waals surface area contributed by atoms with Crippen molar-refractivity contribution in [3.63, 3.8) is 0 Å². The molecule has 0 radical (unpaired) electrons. The first kappa shape index (κ1) is 24.5. The summed E-state index contributed by atoms with van der Waals surface area (Å²) < 4.78 is 30.6. The van der Waals surface area contributed by atoms with E-state index in [2.05, 4.69) is 23.0 Å². The van der Waals surface area contributed by atoms with Gasteiger partial charge in [0, 0.05) is 38.4 Å². The maximum atomic E-state index is 13.3. The lowest BCUT2D eigenvalue weighted by Crippen LogP contribution is -2.50. The van der Waals surface area contributed by atoms with Gasteiger partial charge in [-0.1, -0.05) is 13.0 Å². The molecule has 1 fully saturated rings. The van der Waals surface area contributed by atoms with E-state index in [-0.39, 0.29) is 23.1 Å². The van der Waals surface area contributed by atoms with Gasteiger partial charge in [0.15, 0.2) is 0 Å². The molecule has 2 heterocycles. The maximum absolute atomic E-state index is 13.3. The molecule has 10 heteroatoms. The molecule has 1 atom stereocenters. The van der Waals surface area contributed by atoms with Crippen LogP contribution in [0.2, 0.25) is 0 Å². The summed E-state index contributed by atoms with van der Waals surface area (Å²) in [5, 5.41) is 11.8. The maximum Gasteiger partial charge on any atom is 0.241 e. The molecule has 0 spiro atoms. The number of benzene rings is 1. The highest BCUT2D eigenvalue weighted by Crippen LogP contribution is 2.20. The van der Waals surface area contributed by atoms with Gasteiger partial charge >= 0.3 is 0 Å². The van der Waals surface area contributed by atoms with Gasteiger partial charge in [-0.2, -0.15) is 9.98 Å². The first-order chi connectivity index (χ1) is 15.7. The highest BCUT2D eigenvalue weighted by atomic mass is 32.2. The molecule has 3 rings (SSSR count). The van der Waals surface area contributed by atoms with Gasteiger partial charge < -0.3 is 14.8 Å². The Morgan fingerprint density at radius 3 is 2.61 bits per heavy atom. The first-order valence-electron chi connectivity index (χ1n) is 10.9. The van der Waals surface area contributed by atoms with Gasteiger partial charge in [0.2, 0.25) is 21.8 Å². The van der Waals surface area contributed by atoms with E-state index < -0.39 is 16.1 Å². The number of rotatable bonds is 8. The molecule has 2 amide bonds. The summed E-state index contributed by atoms with van der Waals surface area (Å²) in [6, 6.07) is 10.4. The summed E-state index contributed by atoms with van der Waals surface area (Å²) in [6.07, 6.45) is 3.67. The molecule has 1 aromatic carbocycles. The average Bonchev–Trinajstić information content (AvgIpc) is 3.24. The van der Waals surface area contributed by atoms with Crippen molar-refractivity contribution < 1.29 is 18.0 Å². The number of amides is 2. The quantitative estimate of drug-likeness (QED) is 0.611. The molecule has 1 aliphatic heterocycles. The standard InChI is InChI=1S/C23H29N5O4S/c1-17-8-12-28(13-9-17)23(30)22(10-14-27-11-4-6-20(27)16-24)26-33(31,32)21-7-3-5-19(15-21)25-18(2)29/h3-7,11,15,17,22,26H,8-10,12-14H2,1-2H3,(H,25,29). The molecule has 2 N–H and O–H groups in total. The van der Waals surface area contributed by atoms with Gasteiger partial charge in [-0.15, -0.1) is 0 Å². The van der Waals surface area contributed by atoms with Gasteiger partial charge in [0.1, 0.15) is 17.8 Å². The largest absolute Gasteiger partial charge is 0.341 e. The zero-order chi connectivity index (χ0) is 24.0. The Hall–Kier alpha value is -3.16. The summed E-state index contributed by atoms with van der Waals surface area (Å²) in [5.41, 5.74) is 0.795. The van der Waals surface area contributed by atoms with Crippen molar-refractivity contribution >= 4 is 27.5 Å². The fourth-order valence-corrected chi connectivity index (χ4v) is 5.13. The molecular weight excluding hydrogens is 442 g/mol. The topological polar surface area (TPSA) is 124 Å². The highest BCUT2D eigenvalue weighted by molar-refractivity contribution is 7.89. The van der Waals surface area contributed by atoms with Crippen LogP contribution in [0.3, 0.4) is 0 Å². The molecule has 0 aliphatic carbocycles. The minimum absolute atomic E-state index is 0.0440. The smallest absolute Gasteiger partial charge is 0.241 e. The number of likely N-dealkylation sites (tertiary alicyclic amines) is 1. The molecule has 33 heavy (non-hydrogen) atoms. The predicted molar refractivity (Wildman–Crippen MR) is 124 cm³/mol. The summed E-state index contributed by atoms with van der Waals surface area (Å²) in [5.74, 6) is -0.0576. The summed E-state index contributed by atoms with van der Waals surface area (Å²) >= 11 is 0. The van der Waals surface area contributed by atoms with Gasteiger partial charge in [-0.25, -0.2) is 8.42 Å². The molecule has 0 saturated carbocycles. The Morgan fingerprint density at radius 2 is 1.94 bits per heavy atom. The van der Waals surface area contributed by atoms with Gasteiger partial charge in [-0.3, -0.25) is 9.59 Å². The Bertz CT molecular complexity index is 1140. The number of carbonyl (C=O) groups excluding carboxylic acids is 2. The number of carbonyl (C=O) groups is 2. The summed E-state index contributed by atoms with van der Waals surface area (Å²) in [6.45, 7) is 4.96. The van der Waals surface area contributed by atoms with Crippen LogP contribution >= 0.6 is 0 Å². The number of sulfonamides is 1. The number of anilines is 1. The minimum atomic E-state index is -4.04. The van der Waals surface area contributed by atoms with Crippen molar-refractivity contribution in [3.8, 4) is 6.07 Å². The van der Waals surface area contributed by atoms with E-state index in [1.165, 1.54) is 25.1 Å². The third-order valence-electron chi connectivity index (χ3n) is 5.76. The predicted octanol–water partition coefficient (Wildman–Crippen LogP) is 2.31. The monoisotopic (exact) mass is 471 g/mol. The lowest BCUT2D eigenvalue weighted by molar-refractivity contribution is -0.134. The van der Waals surface area contributed by atoms with Crippen molar-refractivity contribution in [3.05, 3.63) is 48.3 Å². The minimum Gasteiger partial charge on any atom is -0.341 e. The molecule has 1 unspecified atom stereocenters. The average molecular weight is 472 g/mol. The first-order valence-corrected chi connectivity index (χ1v) is 12.4. The van der Waals surface area contributed by atoms with E-state index in [0.717, 1.165) is 12.8 Å². The zero-order valence-corrected chi connectivity index (χ0v) is 19.6. The number of hydrogen-bond acceptors (Lipinski definition) is 5. The number of aromatic nitrogens is 1. The van der Waals surface area contributed by atoms with Crippen LogP contribution in [0.5, 0.6) is 0 Å². The Balaban J connectivity index is 1.82. The van der Waals surface area contributed by atoms with E-state index in [1.807, 2.05) is 0 Å². The van der Waals surface area contributed by atoms with Crippen LogP contribution in [0.1, 0.15) is 38.8 Å². The fraction of sp³-hybridized carbons (Fsp3) is 0.435. The van der Waals surface area contributed by atoms with Crippen LogP contribution in [-0.2, 0) is 26.2 Å². The van der Waals surface area contributed by atoms with Crippen molar-refractivity contribution in [1.29, 1.82) is 5.26 Å². The van der Waals surface area contributed by atoms with E-state index >= 15 is 0 Å². The molecule has 176 valence electrons. The van der Waals surface area contributed by atoms with Gasteiger partial charge in [0.05, 0.1) is 4.90 Å². The van der Waals surface area contributed by atoms with Gasteiger partial charge in [-0.05, 0) is 55.5 Å². The zero-order valence-electron chi connectivity index (χ0n) is 18.8. The van der Waals surface area contributed by atoms with Crippen LogP contribution in [0.4, 0.5) is 5.69 Å². The lowest BCUT2D eigenvalue weighted by Gasteiger charge is -2.33. The lowest BCUT2D eigenvalue weighted by atomic mass is 9.98. The van der Waals surface area contributed by atoms with Crippen molar-refractivity contribution in [1.82, 2.24) is 14.2 Å². The molecular formula is C23H29N5O4S. The van der Waals surface area contributed by atoms with E-state index in [4.69, 9.17) is 0 Å². The van der Waals surface area contributed by atoms with E-state index in [0.29, 0.717) is 36.9 Å². The third-order valence-corrected chi connectivity index (χ3v) is 7.23. The van der Waals surface area contributed by atoms with Crippen LogP contribution in [0.25, 0.3) is 0 Å². The Labute approximate surface area is 194 Å². The second-order valence-electron chi connectivity index (χ2n) is 8.38. The van der Waals surface area contributed by atoms with Crippen LogP contribution < -0.4 is 10.0 Å². The Morgan fingerprint density at radius 1 is 1.21 bits per heavy atom. The number of nitriles is 1. The number of hydrogen-bond donors (Lipinski definition) is 2. The second kappa shape index (κ2) is 10.6. The van der Waals surface area contributed by atoms with Crippen molar-refractivity contribution in [2.24, 2.45) is 5.92 Å². The molecule has 1 aromatic heterocycles. The fourth-order valence-electron chi connectivity index (χ4n) is 3.86. The van der Waals surface area contributed by atoms with E-state index in [1.54, 1.807) is 33.9 Å². The number of nitrogens with one attached hydrogen (secondary N) is 2. The van der Waals surface area contributed by atoms with Crippen LogP contribution in [0, 0.1) is 17.2 Å². The van der Waals surface area contributed by atoms with Gasteiger partial charge in [0.25, 0.3) is 0 Å². The van der Waals surface area contributed by atoms with E-state index in [9.17, 15) is 23.3 Å². The summed E-state index contributed by atoms with van der Waals surface area (Å²) in [7, 11) is -4.04. The molecule has 1 saturated heterocycles. The Kier molecular flexibility index (Phi) is 7.89. The van der Waals surface area contributed by atoms with Crippen molar-refractivity contribution in [2.75, 3.05) is 18.4 Å². The molecule has 2 aromatic rings. The molecule has 0 bridgehead atoms. The summed E-state index contributed by atoms with van der Waals surface area (Å²) in [4.78, 5) is 26.3. The second-order valence-corrected chi connectivity index (χ2v) is 10.1. The molecule has 9 nitrogen and oxygen atoms in total. The van der Waals surface area contributed by atoms with Crippen LogP contribution in [0.15, 0.2) is 47.5 Å². The highest BCUT2D eigenvalue weighted by Gasteiger charge is 2.31. The number of aryl methyl sites for hydroxylation is 1. The number of piperidine rings is 1. The molecule has 1 aliphatic rings. The number of nitrogens with zero attached hydrogens (tertiary/aromatic N) is 3. The SMILES string of the molecule is CC(=O)Nc1cccc(S(=O)(=O)NC(CCn2cccc2C#N)C(=O)N2CCC(C)CC2)c1. The van der Waals surface area contributed by atoms with Crippen molar-refractivity contribution in [2.45, 2.75) is 50.6 Å².